The van der Waals surface area contributed by atoms with Gasteiger partial charge in [0.25, 0.3) is 5.91 Å². The first-order valence-corrected chi connectivity index (χ1v) is 10.3. The van der Waals surface area contributed by atoms with E-state index in [1.54, 1.807) is 7.11 Å². The van der Waals surface area contributed by atoms with Crippen molar-refractivity contribution in [2.45, 2.75) is 13.0 Å². The van der Waals surface area contributed by atoms with Gasteiger partial charge in [-0.1, -0.05) is 17.7 Å². The molecule has 30 heavy (non-hydrogen) atoms. The Labute approximate surface area is 180 Å². The van der Waals surface area contributed by atoms with Crippen molar-refractivity contribution >= 4 is 17.5 Å². The van der Waals surface area contributed by atoms with Crippen LogP contribution in [0.2, 0.25) is 5.02 Å². The number of hydrogen-bond donors (Lipinski definition) is 1. The van der Waals surface area contributed by atoms with Crippen molar-refractivity contribution in [2.24, 2.45) is 0 Å². The molecular weight excluding hydrogens is 411 g/mol. The Bertz CT molecular complexity index is 874. The summed E-state index contributed by atoms with van der Waals surface area (Å²) in [6.45, 7) is 5.43. The third-order valence-corrected chi connectivity index (χ3v) is 5.23. The van der Waals surface area contributed by atoms with E-state index < -0.39 is 11.7 Å². The highest BCUT2D eigenvalue weighted by atomic mass is 35.5. The fourth-order valence-electron chi connectivity index (χ4n) is 3.47. The molecule has 8 heteroatoms. The second kappa shape index (κ2) is 10.6. The van der Waals surface area contributed by atoms with Crippen molar-refractivity contribution in [3.05, 3.63) is 58.4 Å². The number of benzene rings is 2. The van der Waals surface area contributed by atoms with Crippen LogP contribution in [-0.4, -0.2) is 57.4 Å². The third-order valence-electron chi connectivity index (χ3n) is 4.99. The zero-order chi connectivity index (χ0) is 21.5. The Kier molecular flexibility index (Phi) is 7.90. The van der Waals surface area contributed by atoms with Crippen molar-refractivity contribution in [2.75, 3.05) is 46.6 Å². The van der Waals surface area contributed by atoms with Crippen molar-refractivity contribution in [1.82, 2.24) is 10.2 Å². The monoisotopic (exact) mass is 436 g/mol. The van der Waals surface area contributed by atoms with Gasteiger partial charge in [-0.3, -0.25) is 9.69 Å². The van der Waals surface area contributed by atoms with Gasteiger partial charge in [-0.25, -0.2) is 4.39 Å². The molecule has 6 nitrogen and oxygen atoms in total. The first kappa shape index (κ1) is 22.3. The van der Waals surface area contributed by atoms with E-state index in [1.807, 2.05) is 25.1 Å². The molecule has 1 amide bonds. The van der Waals surface area contributed by atoms with Gasteiger partial charge in [0.2, 0.25) is 0 Å². The summed E-state index contributed by atoms with van der Waals surface area (Å²) in [6.07, 6.45) is 0. The summed E-state index contributed by atoms with van der Waals surface area (Å²) < 4.78 is 30.7. The topological polar surface area (TPSA) is 60.0 Å². The van der Waals surface area contributed by atoms with Crippen molar-refractivity contribution in [1.29, 1.82) is 0 Å². The standard InChI is InChI=1S/C22H26ClFN2O4/c1-3-30-20-7-4-15(12-21(20)28-2)19(26-8-10-29-11-9-26)14-25-22(27)17-6-5-16(23)13-18(17)24/h4-7,12-13,19H,3,8-11,14H2,1-2H3,(H,25,27)/t19-/m0/s1. The normalized spacial score (nSPS) is 15.5. The second-order valence-electron chi connectivity index (χ2n) is 6.84. The number of ether oxygens (including phenoxy) is 3. The van der Waals surface area contributed by atoms with E-state index in [4.69, 9.17) is 25.8 Å². The molecule has 1 saturated heterocycles. The molecule has 1 aliphatic heterocycles. The zero-order valence-corrected chi connectivity index (χ0v) is 17.9. The highest BCUT2D eigenvalue weighted by Gasteiger charge is 2.25. The number of nitrogens with zero attached hydrogens (tertiary/aromatic N) is 1. The molecule has 1 aliphatic rings. The van der Waals surface area contributed by atoms with Gasteiger partial charge >= 0.3 is 0 Å². The number of methoxy groups -OCH3 is 1. The van der Waals surface area contributed by atoms with Crippen LogP contribution in [0.4, 0.5) is 4.39 Å². The average Bonchev–Trinajstić information content (AvgIpc) is 2.75. The first-order valence-electron chi connectivity index (χ1n) is 9.89. The second-order valence-corrected chi connectivity index (χ2v) is 7.28. The molecule has 1 atom stereocenters. The Balaban J connectivity index is 1.81. The molecule has 0 aliphatic carbocycles. The maximum absolute atomic E-state index is 14.1. The number of carbonyl (C=O) groups is 1. The fourth-order valence-corrected chi connectivity index (χ4v) is 3.63. The van der Waals surface area contributed by atoms with Crippen LogP contribution in [0.1, 0.15) is 28.9 Å². The van der Waals surface area contributed by atoms with Gasteiger partial charge in [0.1, 0.15) is 5.82 Å². The Morgan fingerprint density at radius 1 is 1.23 bits per heavy atom. The van der Waals surface area contributed by atoms with Gasteiger partial charge in [0.05, 0.1) is 38.5 Å². The maximum Gasteiger partial charge on any atom is 0.254 e. The summed E-state index contributed by atoms with van der Waals surface area (Å²) >= 11 is 5.78. The lowest BCUT2D eigenvalue weighted by molar-refractivity contribution is 0.0161. The summed E-state index contributed by atoms with van der Waals surface area (Å²) in [7, 11) is 1.59. The zero-order valence-electron chi connectivity index (χ0n) is 17.1. The lowest BCUT2D eigenvalue weighted by Crippen LogP contribution is -2.44. The molecule has 0 saturated carbocycles. The Morgan fingerprint density at radius 3 is 2.67 bits per heavy atom. The number of halogens is 2. The number of rotatable bonds is 8. The molecule has 0 radical (unpaired) electrons. The number of carbonyl (C=O) groups excluding carboxylic acids is 1. The van der Waals surface area contributed by atoms with Gasteiger partial charge in [-0.05, 0) is 42.8 Å². The van der Waals surface area contributed by atoms with Crippen LogP contribution in [0.5, 0.6) is 11.5 Å². The molecule has 0 bridgehead atoms. The first-order chi connectivity index (χ1) is 14.5. The molecule has 0 unspecified atom stereocenters. The SMILES string of the molecule is CCOc1ccc([C@H](CNC(=O)c2ccc(Cl)cc2F)N2CCOCC2)cc1OC. The molecular formula is C22H26ClFN2O4. The van der Waals surface area contributed by atoms with Crippen molar-refractivity contribution < 1.29 is 23.4 Å². The van der Waals surface area contributed by atoms with Crippen molar-refractivity contribution in [3.8, 4) is 11.5 Å². The van der Waals surface area contributed by atoms with Crippen LogP contribution in [0.25, 0.3) is 0 Å². The van der Waals surface area contributed by atoms with E-state index >= 15 is 0 Å². The third kappa shape index (κ3) is 5.41. The van der Waals surface area contributed by atoms with E-state index in [2.05, 4.69) is 10.2 Å². The maximum atomic E-state index is 14.1. The van der Waals surface area contributed by atoms with Gasteiger partial charge in [0, 0.05) is 24.7 Å². The van der Waals surface area contributed by atoms with E-state index in [0.29, 0.717) is 37.9 Å². The predicted octanol–water partition coefficient (Wildman–Crippen LogP) is 3.69. The molecule has 1 N–H and O–H groups in total. The van der Waals surface area contributed by atoms with Crippen LogP contribution in [-0.2, 0) is 4.74 Å². The summed E-state index contributed by atoms with van der Waals surface area (Å²) in [5.41, 5.74) is 0.929. The molecule has 1 fully saturated rings. The summed E-state index contributed by atoms with van der Waals surface area (Å²) in [5, 5.41) is 3.10. The summed E-state index contributed by atoms with van der Waals surface area (Å²) in [5.74, 6) is 0.158. The lowest BCUT2D eigenvalue weighted by atomic mass is 10.0. The van der Waals surface area contributed by atoms with Crippen LogP contribution >= 0.6 is 11.6 Å². The van der Waals surface area contributed by atoms with Crippen LogP contribution in [0, 0.1) is 5.82 Å². The number of amides is 1. The molecule has 1 heterocycles. The minimum atomic E-state index is -0.648. The number of nitrogens with one attached hydrogen (secondary N) is 1. The summed E-state index contributed by atoms with van der Waals surface area (Å²) in [6, 6.07) is 9.63. The largest absolute Gasteiger partial charge is 0.493 e. The van der Waals surface area contributed by atoms with Gasteiger partial charge in [0.15, 0.2) is 11.5 Å². The van der Waals surface area contributed by atoms with E-state index in [9.17, 15) is 9.18 Å². The number of hydrogen-bond acceptors (Lipinski definition) is 5. The smallest absolute Gasteiger partial charge is 0.254 e. The average molecular weight is 437 g/mol. The van der Waals surface area contributed by atoms with Crippen molar-refractivity contribution in [3.63, 3.8) is 0 Å². The lowest BCUT2D eigenvalue weighted by Gasteiger charge is -2.35. The molecule has 2 aromatic carbocycles. The minimum Gasteiger partial charge on any atom is -0.493 e. The minimum absolute atomic E-state index is 0.0376. The van der Waals surface area contributed by atoms with Crippen LogP contribution < -0.4 is 14.8 Å². The Morgan fingerprint density at radius 2 is 2.00 bits per heavy atom. The van der Waals surface area contributed by atoms with Gasteiger partial charge in [-0.15, -0.1) is 0 Å². The summed E-state index contributed by atoms with van der Waals surface area (Å²) in [4.78, 5) is 14.8. The quantitative estimate of drug-likeness (QED) is 0.684. The van der Waals surface area contributed by atoms with Crippen LogP contribution in [0.3, 0.4) is 0 Å². The van der Waals surface area contributed by atoms with E-state index in [-0.39, 0.29) is 16.6 Å². The molecule has 0 aromatic heterocycles. The van der Waals surface area contributed by atoms with Gasteiger partial charge in [-0.2, -0.15) is 0 Å². The molecule has 0 spiro atoms. The highest BCUT2D eigenvalue weighted by Crippen LogP contribution is 2.32. The molecule has 162 valence electrons. The van der Waals surface area contributed by atoms with E-state index in [1.165, 1.54) is 12.1 Å². The highest BCUT2D eigenvalue weighted by molar-refractivity contribution is 6.30. The fraction of sp³-hybridized carbons (Fsp3) is 0.409. The Hall–Kier alpha value is -2.35. The molecule has 2 aromatic rings. The van der Waals surface area contributed by atoms with E-state index in [0.717, 1.165) is 24.7 Å². The number of morpholine rings is 1. The predicted molar refractivity (Wildman–Crippen MR) is 113 cm³/mol. The van der Waals surface area contributed by atoms with Gasteiger partial charge < -0.3 is 19.5 Å². The molecule has 3 rings (SSSR count). The van der Waals surface area contributed by atoms with Crippen LogP contribution in [0.15, 0.2) is 36.4 Å².